The summed E-state index contributed by atoms with van der Waals surface area (Å²) in [5, 5.41) is 15.6. The van der Waals surface area contributed by atoms with Crippen molar-refractivity contribution < 1.29 is 14.1 Å². The molecule has 9 heteroatoms. The number of hydrogen-bond acceptors (Lipinski definition) is 8. The molecule has 0 unspecified atom stereocenters. The number of nitrogens with one attached hydrogen (secondary N) is 3. The zero-order valence-corrected chi connectivity index (χ0v) is 10.9. The first kappa shape index (κ1) is 15.8. The summed E-state index contributed by atoms with van der Waals surface area (Å²) in [5.74, 6) is 0. The zero-order chi connectivity index (χ0) is 14.1. The fraction of sp³-hybridized carbons (Fsp3) is 0.364. The van der Waals surface area contributed by atoms with Gasteiger partial charge in [-0.2, -0.15) is 5.48 Å². The minimum Gasteiger partial charge on any atom is -0.417 e. The molecule has 2 aliphatic rings. The summed E-state index contributed by atoms with van der Waals surface area (Å²) in [7, 11) is 0. The molecule has 1 fully saturated rings. The molecule has 0 amide bonds. The Labute approximate surface area is 116 Å². The highest BCUT2D eigenvalue weighted by atomic mass is 16.6. The van der Waals surface area contributed by atoms with Crippen LogP contribution in [0.3, 0.4) is 0 Å². The molecule has 2 aliphatic heterocycles. The fourth-order valence-electron chi connectivity index (χ4n) is 0.944. The van der Waals surface area contributed by atoms with Gasteiger partial charge in [0.15, 0.2) is 0 Å². The Morgan fingerprint density at radius 2 is 2.20 bits per heavy atom. The van der Waals surface area contributed by atoms with Crippen LogP contribution in [-0.4, -0.2) is 47.0 Å². The summed E-state index contributed by atoms with van der Waals surface area (Å²) >= 11 is 0. The van der Waals surface area contributed by atoms with E-state index in [1.165, 1.54) is 6.26 Å². The molecule has 2 aromatic heterocycles. The summed E-state index contributed by atoms with van der Waals surface area (Å²) < 4.78 is 9.17. The molecule has 0 spiro atoms. The van der Waals surface area contributed by atoms with Gasteiger partial charge in [0, 0.05) is 12.7 Å². The minimum atomic E-state index is 0.750. The van der Waals surface area contributed by atoms with E-state index < -0.39 is 0 Å². The van der Waals surface area contributed by atoms with Crippen molar-refractivity contribution in [2.24, 2.45) is 0 Å². The highest BCUT2D eigenvalue weighted by Crippen LogP contribution is 1.78. The molecule has 9 nitrogen and oxygen atoms in total. The molecule has 0 aromatic carbocycles. The number of rotatable bonds is 0. The lowest BCUT2D eigenvalue weighted by atomic mass is 10.7. The SMILES string of the molecule is C1=CONC1.C1COCN1.c1c[nH]nn1.c1cnoc1. The van der Waals surface area contributed by atoms with Crippen molar-refractivity contribution in [3.63, 3.8) is 0 Å². The van der Waals surface area contributed by atoms with Crippen LogP contribution in [-0.2, 0) is 9.57 Å². The number of nitrogens with zero attached hydrogens (tertiary/aromatic N) is 3. The zero-order valence-electron chi connectivity index (χ0n) is 10.9. The standard InChI is InChI=1S/C3H7NO.C3H5NO.C3H3NO.C2H3N3/c1-2-5-3-4-1;3*1-2-4-5-3-1/h4H,1-3H2;1,3-4H,2H2;1-3H;1-2H,(H,3,4,5). The molecule has 1 saturated heterocycles. The van der Waals surface area contributed by atoms with Crippen LogP contribution < -0.4 is 10.8 Å². The van der Waals surface area contributed by atoms with Crippen molar-refractivity contribution >= 4 is 0 Å². The Morgan fingerprint density at radius 1 is 1.20 bits per heavy atom. The number of ether oxygens (including phenoxy) is 1. The van der Waals surface area contributed by atoms with E-state index >= 15 is 0 Å². The Bertz CT molecular complexity index is 314. The second-order valence-electron chi connectivity index (χ2n) is 3.24. The van der Waals surface area contributed by atoms with E-state index in [9.17, 15) is 0 Å². The summed E-state index contributed by atoms with van der Waals surface area (Å²) in [4.78, 5) is 4.51. The predicted octanol–water partition coefficient (Wildman–Crippen LogP) is 0.0779. The molecule has 2 aromatic rings. The van der Waals surface area contributed by atoms with Gasteiger partial charge in [-0.3, -0.25) is 10.4 Å². The maximum atomic E-state index is 4.83. The van der Waals surface area contributed by atoms with Crippen molar-refractivity contribution in [3.8, 4) is 0 Å². The van der Waals surface area contributed by atoms with Crippen molar-refractivity contribution in [2.75, 3.05) is 26.4 Å². The lowest BCUT2D eigenvalue weighted by Gasteiger charge is -1.82. The first-order valence-electron chi connectivity index (χ1n) is 5.97. The Morgan fingerprint density at radius 3 is 2.40 bits per heavy atom. The molecule has 110 valence electrons. The van der Waals surface area contributed by atoms with Gasteiger partial charge >= 0.3 is 0 Å². The first-order chi connectivity index (χ1) is 10.0. The Kier molecular flexibility index (Phi) is 10.5. The number of H-pyrrole nitrogens is 1. The van der Waals surface area contributed by atoms with E-state index in [1.807, 2.05) is 6.08 Å². The maximum absolute atomic E-state index is 4.83. The van der Waals surface area contributed by atoms with E-state index in [0.29, 0.717) is 0 Å². The molecule has 0 aliphatic carbocycles. The highest BCUT2D eigenvalue weighted by molar-refractivity contribution is 4.78. The quantitative estimate of drug-likeness (QED) is 0.623. The molecule has 20 heavy (non-hydrogen) atoms. The largest absolute Gasteiger partial charge is 0.417 e. The molecule has 4 rings (SSSR count). The van der Waals surface area contributed by atoms with Crippen molar-refractivity contribution in [1.82, 2.24) is 31.4 Å². The van der Waals surface area contributed by atoms with Gasteiger partial charge in [-0.25, -0.2) is 0 Å². The van der Waals surface area contributed by atoms with E-state index in [0.717, 1.165) is 26.4 Å². The molecule has 0 saturated carbocycles. The molecular formula is C11H18N6O3. The van der Waals surface area contributed by atoms with E-state index in [1.54, 1.807) is 30.9 Å². The Balaban J connectivity index is 0.000000133. The van der Waals surface area contributed by atoms with Gasteiger partial charge in [-0.1, -0.05) is 10.4 Å². The van der Waals surface area contributed by atoms with E-state index in [2.05, 4.69) is 40.7 Å². The molecule has 3 N–H and O–H groups in total. The van der Waals surface area contributed by atoms with Crippen LogP contribution in [0.25, 0.3) is 0 Å². The predicted molar refractivity (Wildman–Crippen MR) is 69.9 cm³/mol. The van der Waals surface area contributed by atoms with Crippen LogP contribution in [0.1, 0.15) is 0 Å². The van der Waals surface area contributed by atoms with Crippen LogP contribution in [0.5, 0.6) is 0 Å². The topological polar surface area (TPSA) is 110 Å². The minimum absolute atomic E-state index is 0.750. The smallest absolute Gasteiger partial charge is 0.123 e. The fourth-order valence-corrected chi connectivity index (χ4v) is 0.944. The molecular weight excluding hydrogens is 264 g/mol. The van der Waals surface area contributed by atoms with Gasteiger partial charge in [0.2, 0.25) is 0 Å². The molecule has 0 atom stereocenters. The van der Waals surface area contributed by atoms with Crippen LogP contribution in [0.15, 0.2) is 47.8 Å². The van der Waals surface area contributed by atoms with Crippen LogP contribution in [0.2, 0.25) is 0 Å². The monoisotopic (exact) mass is 282 g/mol. The number of hydrogen-bond donors (Lipinski definition) is 3. The van der Waals surface area contributed by atoms with Crippen LogP contribution >= 0.6 is 0 Å². The highest BCUT2D eigenvalue weighted by Gasteiger charge is 1.92. The van der Waals surface area contributed by atoms with Crippen LogP contribution in [0, 0.1) is 0 Å². The number of aromatic amines is 1. The van der Waals surface area contributed by atoms with Gasteiger partial charge in [0.25, 0.3) is 0 Å². The van der Waals surface area contributed by atoms with Gasteiger partial charge in [-0.15, -0.1) is 5.10 Å². The molecule has 4 heterocycles. The van der Waals surface area contributed by atoms with E-state index in [4.69, 9.17) is 4.74 Å². The third kappa shape index (κ3) is 10.9. The average Bonchev–Trinajstić information content (AvgIpc) is 3.40. The van der Waals surface area contributed by atoms with Crippen molar-refractivity contribution in [3.05, 3.63) is 43.3 Å². The normalized spacial score (nSPS) is 14.8. The lowest BCUT2D eigenvalue weighted by Crippen LogP contribution is -2.05. The third-order valence-electron chi connectivity index (χ3n) is 1.75. The average molecular weight is 282 g/mol. The molecule has 0 radical (unpaired) electrons. The summed E-state index contributed by atoms with van der Waals surface area (Å²) in [5.41, 5.74) is 2.61. The summed E-state index contributed by atoms with van der Waals surface area (Å²) in [6.45, 7) is 3.51. The molecule has 0 bridgehead atoms. The van der Waals surface area contributed by atoms with Crippen LogP contribution in [0.4, 0.5) is 0 Å². The van der Waals surface area contributed by atoms with E-state index in [-0.39, 0.29) is 0 Å². The second-order valence-corrected chi connectivity index (χ2v) is 3.24. The van der Waals surface area contributed by atoms with Gasteiger partial charge < -0.3 is 14.1 Å². The second kappa shape index (κ2) is 13.2. The van der Waals surface area contributed by atoms with Crippen molar-refractivity contribution in [1.29, 1.82) is 0 Å². The third-order valence-corrected chi connectivity index (χ3v) is 1.75. The Hall–Kier alpha value is -2.23. The lowest BCUT2D eigenvalue weighted by molar-refractivity contribution is 0.168. The van der Waals surface area contributed by atoms with Gasteiger partial charge in [0.05, 0.1) is 32.3 Å². The number of hydroxylamine groups is 1. The maximum Gasteiger partial charge on any atom is 0.123 e. The van der Waals surface area contributed by atoms with Gasteiger partial charge in [0.1, 0.15) is 12.5 Å². The van der Waals surface area contributed by atoms with Gasteiger partial charge in [-0.05, 0) is 12.1 Å². The summed E-state index contributed by atoms with van der Waals surface area (Å²) in [6.07, 6.45) is 9.86. The summed E-state index contributed by atoms with van der Waals surface area (Å²) in [6, 6.07) is 1.72. The first-order valence-corrected chi connectivity index (χ1v) is 5.97. The van der Waals surface area contributed by atoms with Crippen molar-refractivity contribution in [2.45, 2.75) is 0 Å². The number of aromatic nitrogens is 4.